The van der Waals surface area contributed by atoms with Gasteiger partial charge in [-0.15, -0.1) is 0 Å². The average molecular weight is 308 g/mol. The first-order chi connectivity index (χ1) is 11.1. The van der Waals surface area contributed by atoms with E-state index in [0.717, 1.165) is 11.0 Å². The van der Waals surface area contributed by atoms with Gasteiger partial charge in [-0.3, -0.25) is 4.79 Å². The molecule has 0 fully saturated rings. The monoisotopic (exact) mass is 308 g/mol. The van der Waals surface area contributed by atoms with E-state index in [9.17, 15) is 15.0 Å². The smallest absolute Gasteiger partial charge is 0.232 e. The van der Waals surface area contributed by atoms with Crippen LogP contribution < -0.4 is 4.74 Å². The predicted molar refractivity (Wildman–Crippen MR) is 83.4 cm³/mol. The lowest BCUT2D eigenvalue weighted by Gasteiger charge is -2.02. The molecule has 0 amide bonds. The van der Waals surface area contributed by atoms with Crippen LogP contribution in [0.5, 0.6) is 17.2 Å². The maximum atomic E-state index is 12.4. The summed E-state index contributed by atoms with van der Waals surface area (Å²) in [6.45, 7) is 0. The van der Waals surface area contributed by atoms with Gasteiger partial charge in [-0.25, -0.2) is 4.98 Å². The Hall–Kier alpha value is -3.28. The van der Waals surface area contributed by atoms with E-state index in [2.05, 4.69) is 4.98 Å². The van der Waals surface area contributed by atoms with Gasteiger partial charge in [0, 0.05) is 13.1 Å². The van der Waals surface area contributed by atoms with Crippen molar-refractivity contribution >= 4 is 22.9 Å². The maximum absolute atomic E-state index is 12.4. The van der Waals surface area contributed by atoms with Gasteiger partial charge in [-0.05, 0) is 24.3 Å². The number of ether oxygens (including phenoxy) is 1. The highest BCUT2D eigenvalue weighted by molar-refractivity contribution is 6.15. The number of phenolic OH excluding ortho intramolecular Hbond substituents is 2. The molecule has 0 saturated carbocycles. The number of imidazole rings is 1. The van der Waals surface area contributed by atoms with Crippen molar-refractivity contribution in [1.82, 2.24) is 9.55 Å². The summed E-state index contributed by atoms with van der Waals surface area (Å²) in [4.78, 5) is 16.8. The molecule has 0 radical (unpaired) electrons. The fraction of sp³-hybridized carbons (Fsp3) is 0.0588. The molecule has 0 bridgehead atoms. The fourth-order valence-electron chi connectivity index (χ4n) is 2.64. The Balaban J connectivity index is 1.82. The lowest BCUT2D eigenvalue weighted by molar-refractivity contribution is 0.101. The van der Waals surface area contributed by atoms with E-state index < -0.39 is 5.75 Å². The molecule has 0 aliphatic carbocycles. The van der Waals surface area contributed by atoms with Gasteiger partial charge in [-0.1, -0.05) is 12.1 Å². The number of allylic oxidation sites excluding steroid dienone is 1. The summed E-state index contributed by atoms with van der Waals surface area (Å²) in [5.41, 5.74) is 1.96. The normalized spacial score (nSPS) is 15.2. The van der Waals surface area contributed by atoms with E-state index in [0.29, 0.717) is 5.82 Å². The van der Waals surface area contributed by atoms with Gasteiger partial charge in [0.25, 0.3) is 0 Å². The first kappa shape index (κ1) is 13.4. The first-order valence-electron chi connectivity index (χ1n) is 6.97. The maximum Gasteiger partial charge on any atom is 0.232 e. The minimum Gasteiger partial charge on any atom is -0.504 e. The molecule has 2 aromatic carbocycles. The summed E-state index contributed by atoms with van der Waals surface area (Å²) in [6.07, 6.45) is 1.53. The van der Waals surface area contributed by atoms with Crippen molar-refractivity contribution in [3.63, 3.8) is 0 Å². The van der Waals surface area contributed by atoms with Crippen molar-refractivity contribution < 1.29 is 19.7 Å². The molecular weight excluding hydrogens is 296 g/mol. The number of aromatic nitrogens is 2. The number of Topliss-reactive ketones (excluding diaryl/α,β-unsaturated/α-hetero) is 1. The third-order valence-corrected chi connectivity index (χ3v) is 3.87. The average Bonchev–Trinajstić information content (AvgIpc) is 3.03. The molecule has 6 nitrogen and oxygen atoms in total. The Labute approximate surface area is 130 Å². The molecule has 23 heavy (non-hydrogen) atoms. The second-order valence-corrected chi connectivity index (χ2v) is 5.27. The molecule has 114 valence electrons. The molecule has 0 unspecified atom stereocenters. The van der Waals surface area contributed by atoms with Crippen LogP contribution >= 0.6 is 0 Å². The van der Waals surface area contributed by atoms with E-state index in [4.69, 9.17) is 4.74 Å². The van der Waals surface area contributed by atoms with Gasteiger partial charge in [0.1, 0.15) is 5.82 Å². The molecule has 1 aliphatic rings. The zero-order valence-corrected chi connectivity index (χ0v) is 12.1. The molecule has 2 heterocycles. The predicted octanol–water partition coefficient (Wildman–Crippen LogP) is 2.60. The zero-order chi connectivity index (χ0) is 16.1. The summed E-state index contributed by atoms with van der Waals surface area (Å²) in [6, 6.07) is 10.3. The number of benzene rings is 2. The van der Waals surface area contributed by atoms with Gasteiger partial charge in [0.2, 0.25) is 11.5 Å². The van der Waals surface area contributed by atoms with E-state index in [1.807, 2.05) is 35.9 Å². The lowest BCUT2D eigenvalue weighted by atomic mass is 10.1. The molecule has 0 atom stereocenters. The number of hydrogen-bond acceptors (Lipinski definition) is 5. The van der Waals surface area contributed by atoms with Crippen LogP contribution in [-0.2, 0) is 7.05 Å². The van der Waals surface area contributed by atoms with Crippen LogP contribution in [0.25, 0.3) is 17.1 Å². The molecule has 1 aromatic heterocycles. The SMILES string of the molecule is Cn1c(C=C2Oc3c(ccc(O)c3O)C2=O)nc2ccccc21. The number of rotatable bonds is 1. The van der Waals surface area contributed by atoms with Crippen molar-refractivity contribution in [2.45, 2.75) is 0 Å². The Kier molecular flexibility index (Phi) is 2.68. The highest BCUT2D eigenvalue weighted by Gasteiger charge is 2.31. The van der Waals surface area contributed by atoms with Crippen LogP contribution in [0.3, 0.4) is 0 Å². The van der Waals surface area contributed by atoms with Crippen LogP contribution in [0.1, 0.15) is 16.2 Å². The number of hydrogen-bond donors (Lipinski definition) is 2. The molecule has 0 spiro atoms. The Morgan fingerprint density at radius 1 is 1.17 bits per heavy atom. The van der Waals surface area contributed by atoms with Crippen LogP contribution in [-0.4, -0.2) is 25.5 Å². The number of fused-ring (bicyclic) bond motifs is 2. The second kappa shape index (κ2) is 4.61. The Morgan fingerprint density at radius 2 is 1.96 bits per heavy atom. The highest BCUT2D eigenvalue weighted by Crippen LogP contribution is 2.44. The number of carbonyl (C=O) groups is 1. The first-order valence-corrected chi connectivity index (χ1v) is 6.97. The molecule has 6 heteroatoms. The van der Waals surface area contributed by atoms with Crippen molar-refractivity contribution in [3.8, 4) is 17.2 Å². The van der Waals surface area contributed by atoms with Crippen LogP contribution in [0, 0.1) is 0 Å². The second-order valence-electron chi connectivity index (χ2n) is 5.27. The van der Waals surface area contributed by atoms with Crippen molar-refractivity contribution in [2.24, 2.45) is 7.05 Å². The largest absolute Gasteiger partial charge is 0.504 e. The van der Waals surface area contributed by atoms with Gasteiger partial charge < -0.3 is 19.5 Å². The summed E-state index contributed by atoms with van der Waals surface area (Å²) in [7, 11) is 1.84. The van der Waals surface area contributed by atoms with Gasteiger partial charge in [0.05, 0.1) is 16.6 Å². The van der Waals surface area contributed by atoms with Crippen LogP contribution in [0.15, 0.2) is 42.2 Å². The Bertz CT molecular complexity index is 1000. The minimum absolute atomic E-state index is 0.0278. The standard InChI is InChI=1S/C17H12N2O4/c1-19-11-5-3-2-4-10(11)18-14(19)8-13-15(21)9-6-7-12(20)16(22)17(9)23-13/h2-8,20,22H,1H3. The third kappa shape index (κ3) is 1.88. The quantitative estimate of drug-likeness (QED) is 0.533. The van der Waals surface area contributed by atoms with E-state index in [1.165, 1.54) is 18.2 Å². The van der Waals surface area contributed by atoms with E-state index >= 15 is 0 Å². The molecule has 3 aromatic rings. The van der Waals surface area contributed by atoms with Crippen LogP contribution in [0.2, 0.25) is 0 Å². The molecule has 4 rings (SSSR count). The van der Waals surface area contributed by atoms with Crippen molar-refractivity contribution in [2.75, 3.05) is 0 Å². The summed E-state index contributed by atoms with van der Waals surface area (Å²) >= 11 is 0. The molecule has 1 aliphatic heterocycles. The van der Waals surface area contributed by atoms with Gasteiger partial charge in [0.15, 0.2) is 17.3 Å². The third-order valence-electron chi connectivity index (χ3n) is 3.87. The number of para-hydroxylation sites is 2. The molecular formula is C17H12N2O4. The number of aryl methyl sites for hydroxylation is 1. The van der Waals surface area contributed by atoms with Crippen molar-refractivity contribution in [3.05, 3.63) is 53.5 Å². The molecule has 2 N–H and O–H groups in total. The topological polar surface area (TPSA) is 84.6 Å². The Morgan fingerprint density at radius 3 is 2.74 bits per heavy atom. The summed E-state index contributed by atoms with van der Waals surface area (Å²) in [5, 5.41) is 19.3. The van der Waals surface area contributed by atoms with E-state index in [1.54, 1.807) is 0 Å². The van der Waals surface area contributed by atoms with Crippen LogP contribution in [0.4, 0.5) is 0 Å². The zero-order valence-electron chi connectivity index (χ0n) is 12.1. The van der Waals surface area contributed by atoms with Gasteiger partial charge >= 0.3 is 0 Å². The highest BCUT2D eigenvalue weighted by atomic mass is 16.5. The lowest BCUT2D eigenvalue weighted by Crippen LogP contribution is -2.00. The fourth-order valence-corrected chi connectivity index (χ4v) is 2.64. The minimum atomic E-state index is -0.441. The van der Waals surface area contributed by atoms with E-state index in [-0.39, 0.29) is 28.6 Å². The number of carbonyl (C=O) groups excluding carboxylic acids is 1. The number of ketones is 1. The van der Waals surface area contributed by atoms with Gasteiger partial charge in [-0.2, -0.15) is 0 Å². The van der Waals surface area contributed by atoms with Crippen molar-refractivity contribution in [1.29, 1.82) is 0 Å². The number of nitrogens with zero attached hydrogens (tertiary/aromatic N) is 2. The summed E-state index contributed by atoms with van der Waals surface area (Å²) < 4.78 is 7.28. The summed E-state index contributed by atoms with van der Waals surface area (Å²) in [5.74, 6) is -0.544. The molecule has 0 saturated heterocycles. The number of aromatic hydroxyl groups is 2. The number of phenols is 2.